The summed E-state index contributed by atoms with van der Waals surface area (Å²) >= 11 is -4.03. The lowest BCUT2D eigenvalue weighted by molar-refractivity contribution is 0.441. The molecule has 0 N–H and O–H groups in total. The Labute approximate surface area is 266 Å². The topological polar surface area (TPSA) is 49.8 Å². The first-order valence-electron chi connectivity index (χ1n) is 15.4. The van der Waals surface area contributed by atoms with Gasteiger partial charge in [-0.1, -0.05) is 86.8 Å². The average molecular weight is 608 g/mol. The first-order valence-corrected chi connectivity index (χ1v) is 18.8. The van der Waals surface area contributed by atoms with Gasteiger partial charge in [0.2, 0.25) is 5.88 Å². The number of para-hydroxylation sites is 2. The lowest BCUT2D eigenvalue weighted by Crippen LogP contribution is -2.61. The zero-order chi connectivity index (χ0) is 30.1. The van der Waals surface area contributed by atoms with Gasteiger partial charge >= 0.3 is 28.3 Å². The molecule has 0 atom stereocenters. The van der Waals surface area contributed by atoms with Gasteiger partial charge in [-0.05, 0) is 77.7 Å². The van der Waals surface area contributed by atoms with E-state index < -0.39 is 28.3 Å². The highest BCUT2D eigenvalue weighted by Crippen LogP contribution is 2.41. The summed E-state index contributed by atoms with van der Waals surface area (Å²) in [4.78, 5) is 5.42. The smallest absolute Gasteiger partial charge is 0.435 e. The maximum Gasteiger partial charge on any atom is 0.435 e. The van der Waals surface area contributed by atoms with Crippen LogP contribution in [0.25, 0.3) is 0 Å². The first kappa shape index (κ1) is 26.7. The molecule has 0 aliphatic carbocycles. The first-order chi connectivity index (χ1) is 21.0. The van der Waals surface area contributed by atoms with E-state index in [1.807, 2.05) is 6.07 Å². The van der Waals surface area contributed by atoms with Crippen molar-refractivity contribution in [2.75, 3.05) is 0 Å². The van der Waals surface area contributed by atoms with Crippen LogP contribution < -0.4 is 45.6 Å². The average Bonchev–Trinajstić information content (AvgIpc) is 2.98. The minimum atomic E-state index is -2.04. The summed E-state index contributed by atoms with van der Waals surface area (Å²) in [5, 5.41) is 0. The van der Waals surface area contributed by atoms with Crippen molar-refractivity contribution in [3.05, 3.63) is 90.0 Å². The largest absolute Gasteiger partial charge is 0.460 e. The van der Waals surface area contributed by atoms with Crippen LogP contribution in [-0.2, 0) is 10.8 Å². The zero-order valence-corrected chi connectivity index (χ0v) is 28.0. The monoisotopic (exact) mass is 607 g/mol. The number of nitrogens with zero attached hydrogens (tertiary/aromatic N) is 1. The molecule has 7 heteroatoms. The third-order valence-electron chi connectivity index (χ3n) is 9.44. The molecule has 0 radical (unpaired) electrons. The molecule has 4 aliphatic heterocycles. The summed E-state index contributed by atoms with van der Waals surface area (Å²) < 4.78 is 33.8. The second-order valence-electron chi connectivity index (χ2n) is 14.4. The zero-order valence-electron chi connectivity index (χ0n) is 25.7. The van der Waals surface area contributed by atoms with Crippen LogP contribution in [0.3, 0.4) is 0 Å². The van der Waals surface area contributed by atoms with E-state index in [0.717, 1.165) is 49.2 Å². The second-order valence-corrected chi connectivity index (χ2v) is 19.7. The van der Waals surface area contributed by atoms with E-state index in [4.69, 9.17) is 23.9 Å². The lowest BCUT2D eigenvalue weighted by Gasteiger charge is -2.36. The highest BCUT2D eigenvalue weighted by molar-refractivity contribution is 6.99. The molecular weight excluding hydrogens is 576 g/mol. The molecule has 44 heavy (non-hydrogen) atoms. The number of benzene rings is 4. The van der Waals surface area contributed by atoms with Crippen molar-refractivity contribution in [1.29, 1.82) is 0 Å². The van der Waals surface area contributed by atoms with Gasteiger partial charge < -0.3 is 18.9 Å². The molecule has 5 heterocycles. The van der Waals surface area contributed by atoms with Gasteiger partial charge in [0.05, 0.1) is 0 Å². The lowest BCUT2D eigenvalue weighted by atomic mass is 9.87. The molecular formula is C37H31Al2NO4. The van der Waals surface area contributed by atoms with Crippen molar-refractivity contribution >= 4 is 55.0 Å². The quantitative estimate of drug-likeness (QED) is 0.224. The Morgan fingerprint density at radius 2 is 0.932 bits per heavy atom. The maximum atomic E-state index is 6.85. The SMILES string of the molecule is CC(C)(C)c1cc2[c]3c(c1)Oc1n[c]4c(c[c]1[Al]3[c]1ccccc1O2)Oc1cc(C(C)(C)C)cc2[c]1[Al]4[c]1ccccc1O2. The predicted molar refractivity (Wildman–Crippen MR) is 177 cm³/mol. The van der Waals surface area contributed by atoms with Crippen LogP contribution in [0, 0.1) is 0 Å². The van der Waals surface area contributed by atoms with Crippen LogP contribution >= 0.6 is 0 Å². The molecule has 5 nitrogen and oxygen atoms in total. The third-order valence-corrected chi connectivity index (χ3v) is 15.9. The summed E-state index contributed by atoms with van der Waals surface area (Å²) in [6.45, 7) is 13.4. The summed E-state index contributed by atoms with van der Waals surface area (Å²) in [6.07, 6.45) is 0. The van der Waals surface area contributed by atoms with Gasteiger partial charge in [-0.3, -0.25) is 0 Å². The molecule has 0 spiro atoms. The Morgan fingerprint density at radius 3 is 1.48 bits per heavy atom. The Balaban J connectivity index is 1.29. The van der Waals surface area contributed by atoms with E-state index in [0.29, 0.717) is 5.88 Å². The van der Waals surface area contributed by atoms with Crippen LogP contribution in [0.4, 0.5) is 0 Å². The van der Waals surface area contributed by atoms with Gasteiger partial charge in [-0.25, -0.2) is 4.98 Å². The van der Waals surface area contributed by atoms with Crippen molar-refractivity contribution in [2.45, 2.75) is 52.4 Å². The molecule has 4 aromatic carbocycles. The summed E-state index contributed by atoms with van der Waals surface area (Å²) in [7, 11) is 0. The highest BCUT2D eigenvalue weighted by atomic mass is 27.2. The molecule has 5 aromatic rings. The second kappa shape index (κ2) is 8.94. The van der Waals surface area contributed by atoms with Gasteiger partial charge in [-0.15, -0.1) is 0 Å². The van der Waals surface area contributed by atoms with Crippen molar-refractivity contribution in [2.24, 2.45) is 0 Å². The Morgan fingerprint density at radius 1 is 0.477 bits per heavy atom. The summed E-state index contributed by atoms with van der Waals surface area (Å²) in [5.74, 6) is 6.97. The molecule has 0 saturated carbocycles. The molecule has 0 saturated heterocycles. The summed E-state index contributed by atoms with van der Waals surface area (Å²) in [5.41, 5.74) is 2.26. The fraction of sp³-hybridized carbons (Fsp3) is 0.216. The number of ether oxygens (including phenoxy) is 4. The van der Waals surface area contributed by atoms with E-state index in [2.05, 4.69) is 114 Å². The summed E-state index contributed by atoms with van der Waals surface area (Å²) in [6, 6.07) is 28.0. The molecule has 0 unspecified atom stereocenters. The Bertz CT molecular complexity index is 1930. The van der Waals surface area contributed by atoms with E-state index in [1.54, 1.807) is 0 Å². The van der Waals surface area contributed by atoms with E-state index in [-0.39, 0.29) is 10.8 Å². The molecule has 214 valence electrons. The maximum absolute atomic E-state index is 6.85. The van der Waals surface area contributed by atoms with Crippen LogP contribution in [0.2, 0.25) is 0 Å². The molecule has 0 fully saturated rings. The molecule has 0 bridgehead atoms. The molecule has 0 amide bonds. The number of hydrogen-bond acceptors (Lipinski definition) is 5. The Hall–Kier alpha value is -3.71. The van der Waals surface area contributed by atoms with Crippen molar-refractivity contribution in [3.8, 4) is 46.1 Å². The van der Waals surface area contributed by atoms with Gasteiger partial charge in [0.25, 0.3) is 0 Å². The number of fused-ring (bicyclic) bond motifs is 8. The standard InChI is InChI=1S/C37H31NO4.2Al/c1-36(2,3)26-19-31(39-28-13-9-7-10-14-28)23-33(21-26)41-30-17-18-35(38-25-30)42-34-22-27(37(4,5)6)20-32(24-34)40-29-15-11-8-12-16-29;;/h7-13,15,17,19-22H,1-6H3;;. The number of aromatic nitrogens is 1. The van der Waals surface area contributed by atoms with E-state index in [1.165, 1.54) is 28.8 Å². The van der Waals surface area contributed by atoms with Gasteiger partial charge in [-0.2, -0.15) is 0 Å². The minimum Gasteiger partial charge on any atom is -0.460 e. The van der Waals surface area contributed by atoms with Gasteiger partial charge in [0.1, 0.15) is 40.2 Å². The van der Waals surface area contributed by atoms with Crippen molar-refractivity contribution in [3.63, 3.8) is 0 Å². The van der Waals surface area contributed by atoms with Crippen molar-refractivity contribution in [1.82, 2.24) is 4.98 Å². The molecule has 4 aliphatic rings. The van der Waals surface area contributed by atoms with Crippen LogP contribution in [0.15, 0.2) is 78.9 Å². The van der Waals surface area contributed by atoms with Crippen LogP contribution in [-0.4, -0.2) is 33.3 Å². The van der Waals surface area contributed by atoms with Crippen LogP contribution in [0.5, 0.6) is 46.1 Å². The number of hydrogen-bond donors (Lipinski definition) is 0. The molecule has 1 aromatic heterocycles. The van der Waals surface area contributed by atoms with Gasteiger partial charge in [0, 0.05) is 4.56 Å². The van der Waals surface area contributed by atoms with Crippen molar-refractivity contribution < 1.29 is 18.9 Å². The highest BCUT2D eigenvalue weighted by Gasteiger charge is 2.48. The van der Waals surface area contributed by atoms with E-state index >= 15 is 0 Å². The fourth-order valence-corrected chi connectivity index (χ4v) is 13.5. The minimum absolute atomic E-state index is 0.0563. The normalized spacial score (nSPS) is 14.8. The van der Waals surface area contributed by atoms with E-state index in [9.17, 15) is 0 Å². The fourth-order valence-electron chi connectivity index (χ4n) is 7.06. The number of pyridine rings is 1. The number of rotatable bonds is 0. The predicted octanol–water partition coefficient (Wildman–Crippen LogP) is 5.13. The van der Waals surface area contributed by atoms with Gasteiger partial charge in [0.15, 0.2) is 0 Å². The Kier molecular flexibility index (Phi) is 5.42. The third kappa shape index (κ3) is 3.81. The molecule has 9 rings (SSSR count). The van der Waals surface area contributed by atoms with Crippen LogP contribution in [0.1, 0.15) is 52.7 Å².